The predicted octanol–water partition coefficient (Wildman–Crippen LogP) is 2.30. The summed E-state index contributed by atoms with van der Waals surface area (Å²) in [7, 11) is 3.95. The normalized spacial score (nSPS) is 10.8. The summed E-state index contributed by atoms with van der Waals surface area (Å²) < 4.78 is 13.9. The summed E-state index contributed by atoms with van der Waals surface area (Å²) in [6.07, 6.45) is 0.855. The molecule has 0 spiro atoms. The van der Waals surface area contributed by atoms with Crippen molar-refractivity contribution in [2.45, 2.75) is 13.3 Å². The second-order valence-electron chi connectivity index (χ2n) is 4.68. The monoisotopic (exact) mass is 268 g/mol. The first kappa shape index (κ1) is 15.4. The standard InChI is InChI=1S/C14H21FN2O2/c1-4-17(10-6-9-16(2)3)13-11(14(18)19)7-5-8-12(13)15/h5,7-8H,4,6,9-10H2,1-3H3,(H,18,19). The summed E-state index contributed by atoms with van der Waals surface area (Å²) in [6, 6.07) is 4.17. The van der Waals surface area contributed by atoms with Crippen molar-refractivity contribution in [3.05, 3.63) is 29.6 Å². The molecule has 0 aromatic heterocycles. The van der Waals surface area contributed by atoms with Crippen LogP contribution < -0.4 is 4.90 Å². The summed E-state index contributed by atoms with van der Waals surface area (Å²) in [6.45, 7) is 3.99. The molecule has 1 N–H and O–H groups in total. The van der Waals surface area contributed by atoms with E-state index < -0.39 is 11.8 Å². The Bertz CT molecular complexity index is 435. The second-order valence-corrected chi connectivity index (χ2v) is 4.68. The maximum Gasteiger partial charge on any atom is 0.337 e. The highest BCUT2D eigenvalue weighted by molar-refractivity contribution is 5.94. The second kappa shape index (κ2) is 7.09. The van der Waals surface area contributed by atoms with Gasteiger partial charge in [-0.1, -0.05) is 6.07 Å². The molecule has 5 heteroatoms. The molecule has 0 fully saturated rings. The molecular weight excluding hydrogens is 247 g/mol. The smallest absolute Gasteiger partial charge is 0.337 e. The Hall–Kier alpha value is -1.62. The Morgan fingerprint density at radius 1 is 1.32 bits per heavy atom. The molecule has 0 atom stereocenters. The van der Waals surface area contributed by atoms with E-state index in [1.165, 1.54) is 18.2 Å². The third-order valence-electron chi connectivity index (χ3n) is 2.95. The number of carboxylic acids is 1. The number of halogens is 1. The maximum atomic E-state index is 13.9. The number of para-hydroxylation sites is 1. The highest BCUT2D eigenvalue weighted by Gasteiger charge is 2.18. The summed E-state index contributed by atoms with van der Waals surface area (Å²) in [5.74, 6) is -1.58. The molecule has 1 aromatic rings. The number of nitrogens with zero attached hydrogens (tertiary/aromatic N) is 2. The number of carbonyl (C=O) groups is 1. The molecule has 0 bridgehead atoms. The summed E-state index contributed by atoms with van der Waals surface area (Å²) in [5, 5.41) is 9.15. The SMILES string of the molecule is CCN(CCCN(C)C)c1c(F)cccc1C(=O)O. The third-order valence-corrected chi connectivity index (χ3v) is 2.95. The van der Waals surface area contributed by atoms with Gasteiger partial charge in [0, 0.05) is 13.1 Å². The van der Waals surface area contributed by atoms with Crippen molar-refractivity contribution in [2.24, 2.45) is 0 Å². The summed E-state index contributed by atoms with van der Waals surface area (Å²) in [4.78, 5) is 15.0. The van der Waals surface area contributed by atoms with Gasteiger partial charge in [0.2, 0.25) is 0 Å². The molecule has 1 rings (SSSR count). The van der Waals surface area contributed by atoms with Crippen LogP contribution in [0.4, 0.5) is 10.1 Å². The highest BCUT2D eigenvalue weighted by Crippen LogP contribution is 2.24. The minimum Gasteiger partial charge on any atom is -0.478 e. The van der Waals surface area contributed by atoms with E-state index in [0.717, 1.165) is 13.0 Å². The van der Waals surface area contributed by atoms with Crippen LogP contribution in [0, 0.1) is 5.82 Å². The van der Waals surface area contributed by atoms with E-state index in [4.69, 9.17) is 5.11 Å². The lowest BCUT2D eigenvalue weighted by Gasteiger charge is -2.25. The van der Waals surface area contributed by atoms with Gasteiger partial charge in [0.15, 0.2) is 0 Å². The zero-order valence-electron chi connectivity index (χ0n) is 11.7. The first-order chi connectivity index (χ1) is 8.97. The Kier molecular flexibility index (Phi) is 5.76. The van der Waals surface area contributed by atoms with Crippen molar-refractivity contribution in [3.8, 4) is 0 Å². The average Bonchev–Trinajstić information content (AvgIpc) is 2.34. The van der Waals surface area contributed by atoms with Crippen molar-refractivity contribution in [1.29, 1.82) is 0 Å². The molecule has 4 nitrogen and oxygen atoms in total. The fourth-order valence-electron chi connectivity index (χ4n) is 2.02. The molecule has 0 radical (unpaired) electrons. The molecule has 0 saturated carbocycles. The van der Waals surface area contributed by atoms with Crippen LogP contribution in [0.15, 0.2) is 18.2 Å². The van der Waals surface area contributed by atoms with Crippen molar-refractivity contribution in [2.75, 3.05) is 38.6 Å². The molecule has 0 unspecified atom stereocenters. The molecule has 0 aliphatic heterocycles. The van der Waals surface area contributed by atoms with Gasteiger partial charge in [-0.3, -0.25) is 0 Å². The number of hydrogen-bond donors (Lipinski definition) is 1. The molecule has 0 amide bonds. The van der Waals surface area contributed by atoms with Gasteiger partial charge in [-0.05, 0) is 46.1 Å². The first-order valence-corrected chi connectivity index (χ1v) is 6.38. The van der Waals surface area contributed by atoms with Crippen LogP contribution in [-0.2, 0) is 0 Å². The summed E-state index contributed by atoms with van der Waals surface area (Å²) >= 11 is 0. The molecular formula is C14H21FN2O2. The van der Waals surface area contributed by atoms with Crippen LogP contribution in [0.25, 0.3) is 0 Å². The van der Waals surface area contributed by atoms with Crippen LogP contribution in [0.2, 0.25) is 0 Å². The average molecular weight is 268 g/mol. The Labute approximate surface area is 113 Å². The van der Waals surface area contributed by atoms with E-state index >= 15 is 0 Å². The molecule has 106 valence electrons. The number of benzene rings is 1. The molecule has 0 heterocycles. The number of aromatic carboxylic acids is 1. The van der Waals surface area contributed by atoms with Crippen molar-refractivity contribution in [1.82, 2.24) is 4.90 Å². The highest BCUT2D eigenvalue weighted by atomic mass is 19.1. The molecule has 0 aliphatic carbocycles. The number of anilines is 1. The Balaban J connectivity index is 2.94. The van der Waals surface area contributed by atoms with Crippen LogP contribution >= 0.6 is 0 Å². The van der Waals surface area contributed by atoms with E-state index in [1.54, 1.807) is 4.90 Å². The molecule has 1 aromatic carbocycles. The third kappa shape index (κ3) is 4.21. The lowest BCUT2D eigenvalue weighted by atomic mass is 10.1. The van der Waals surface area contributed by atoms with Crippen molar-refractivity contribution < 1.29 is 14.3 Å². The lowest BCUT2D eigenvalue weighted by Crippen LogP contribution is -2.29. The van der Waals surface area contributed by atoms with Gasteiger partial charge in [-0.2, -0.15) is 0 Å². The summed E-state index contributed by atoms with van der Waals surface area (Å²) in [5.41, 5.74) is 0.211. The fraction of sp³-hybridized carbons (Fsp3) is 0.500. The van der Waals surface area contributed by atoms with Gasteiger partial charge in [0.1, 0.15) is 5.82 Å². The van der Waals surface area contributed by atoms with E-state index in [2.05, 4.69) is 0 Å². The van der Waals surface area contributed by atoms with Gasteiger partial charge in [-0.25, -0.2) is 9.18 Å². The largest absolute Gasteiger partial charge is 0.478 e. The van der Waals surface area contributed by atoms with Crippen LogP contribution in [0.3, 0.4) is 0 Å². The number of rotatable bonds is 7. The van der Waals surface area contributed by atoms with Crippen molar-refractivity contribution >= 4 is 11.7 Å². The molecule has 0 aliphatic rings. The quantitative estimate of drug-likeness (QED) is 0.824. The zero-order valence-corrected chi connectivity index (χ0v) is 11.7. The maximum absolute atomic E-state index is 13.9. The Morgan fingerprint density at radius 2 is 2.00 bits per heavy atom. The van der Waals surface area contributed by atoms with E-state index in [1.807, 2.05) is 25.9 Å². The van der Waals surface area contributed by atoms with Crippen LogP contribution in [-0.4, -0.2) is 49.7 Å². The van der Waals surface area contributed by atoms with Crippen LogP contribution in [0.1, 0.15) is 23.7 Å². The molecule has 19 heavy (non-hydrogen) atoms. The van der Waals surface area contributed by atoms with Gasteiger partial charge < -0.3 is 14.9 Å². The van der Waals surface area contributed by atoms with E-state index in [-0.39, 0.29) is 11.3 Å². The van der Waals surface area contributed by atoms with Crippen molar-refractivity contribution in [3.63, 3.8) is 0 Å². The Morgan fingerprint density at radius 3 is 2.53 bits per heavy atom. The molecule has 0 saturated heterocycles. The number of hydrogen-bond acceptors (Lipinski definition) is 3. The van der Waals surface area contributed by atoms with Gasteiger partial charge in [0.25, 0.3) is 0 Å². The van der Waals surface area contributed by atoms with Gasteiger partial charge in [0.05, 0.1) is 11.3 Å². The minimum absolute atomic E-state index is 0.0201. The van der Waals surface area contributed by atoms with E-state index in [9.17, 15) is 9.18 Å². The predicted molar refractivity (Wildman–Crippen MR) is 74.4 cm³/mol. The lowest BCUT2D eigenvalue weighted by molar-refractivity contribution is 0.0697. The zero-order chi connectivity index (χ0) is 14.4. The topological polar surface area (TPSA) is 43.8 Å². The van der Waals surface area contributed by atoms with E-state index in [0.29, 0.717) is 13.1 Å². The number of carboxylic acid groups (broad SMARTS) is 1. The minimum atomic E-state index is -1.10. The first-order valence-electron chi connectivity index (χ1n) is 6.38. The fourth-order valence-corrected chi connectivity index (χ4v) is 2.02. The van der Waals surface area contributed by atoms with Gasteiger partial charge in [-0.15, -0.1) is 0 Å². The van der Waals surface area contributed by atoms with Crippen LogP contribution in [0.5, 0.6) is 0 Å². The van der Waals surface area contributed by atoms with Gasteiger partial charge >= 0.3 is 5.97 Å².